The van der Waals surface area contributed by atoms with Crippen molar-refractivity contribution in [2.75, 3.05) is 11.4 Å². The molecule has 120 valence electrons. The highest BCUT2D eigenvalue weighted by Crippen LogP contribution is 2.33. The normalized spacial score (nSPS) is 13.2. The van der Waals surface area contributed by atoms with Gasteiger partial charge in [0.1, 0.15) is 9.88 Å². The molecule has 4 nitrogen and oxygen atoms in total. The van der Waals surface area contributed by atoms with Crippen molar-refractivity contribution < 1.29 is 4.79 Å². The Morgan fingerprint density at radius 1 is 1.33 bits per heavy atom. The van der Waals surface area contributed by atoms with Gasteiger partial charge in [-0.15, -0.1) is 11.3 Å². The number of aryl methyl sites for hydroxylation is 1. The molecule has 0 radical (unpaired) electrons. The Bertz CT molecular complexity index is 938. The average molecular weight is 356 g/mol. The van der Waals surface area contributed by atoms with Crippen molar-refractivity contribution in [2.24, 2.45) is 0 Å². The standard InChI is InChI=1S/C18H14ClN3OS/c1-11-16(24-17(21-11)12-3-2-4-14(19)9-12)18(23)22-8-6-13-10-20-7-5-15(13)22/h2-5,7,9-10H,6,8H2,1H3. The summed E-state index contributed by atoms with van der Waals surface area (Å²) >= 11 is 7.47. The summed E-state index contributed by atoms with van der Waals surface area (Å²) in [5.74, 6) is 0.00299. The number of nitrogens with zero attached hydrogens (tertiary/aromatic N) is 3. The molecule has 0 unspecified atom stereocenters. The third-order valence-electron chi connectivity index (χ3n) is 4.08. The molecule has 1 aliphatic heterocycles. The van der Waals surface area contributed by atoms with E-state index < -0.39 is 0 Å². The summed E-state index contributed by atoms with van der Waals surface area (Å²) in [5, 5.41) is 1.47. The number of hydrogen-bond acceptors (Lipinski definition) is 4. The van der Waals surface area contributed by atoms with Gasteiger partial charge in [0.15, 0.2) is 0 Å². The molecular formula is C18H14ClN3OS. The van der Waals surface area contributed by atoms with E-state index in [2.05, 4.69) is 9.97 Å². The Morgan fingerprint density at radius 3 is 3.04 bits per heavy atom. The topological polar surface area (TPSA) is 46.1 Å². The summed E-state index contributed by atoms with van der Waals surface area (Å²) in [4.78, 5) is 24.2. The largest absolute Gasteiger partial charge is 0.307 e. The van der Waals surface area contributed by atoms with E-state index in [1.807, 2.05) is 48.4 Å². The van der Waals surface area contributed by atoms with Gasteiger partial charge in [0.05, 0.1) is 11.4 Å². The quantitative estimate of drug-likeness (QED) is 0.685. The van der Waals surface area contributed by atoms with E-state index >= 15 is 0 Å². The summed E-state index contributed by atoms with van der Waals surface area (Å²) in [5.41, 5.74) is 3.75. The SMILES string of the molecule is Cc1nc(-c2cccc(Cl)c2)sc1C(=O)N1CCc2cnccc21. The molecule has 4 rings (SSSR count). The van der Waals surface area contributed by atoms with Gasteiger partial charge in [-0.1, -0.05) is 23.7 Å². The fourth-order valence-electron chi connectivity index (χ4n) is 2.90. The van der Waals surface area contributed by atoms with Crippen molar-refractivity contribution in [1.82, 2.24) is 9.97 Å². The first-order valence-electron chi connectivity index (χ1n) is 7.61. The van der Waals surface area contributed by atoms with E-state index in [4.69, 9.17) is 11.6 Å². The van der Waals surface area contributed by atoms with Crippen LogP contribution in [-0.4, -0.2) is 22.4 Å². The summed E-state index contributed by atoms with van der Waals surface area (Å²) in [6, 6.07) is 9.43. The van der Waals surface area contributed by atoms with Crippen LogP contribution in [0.15, 0.2) is 42.7 Å². The monoisotopic (exact) mass is 355 g/mol. The van der Waals surface area contributed by atoms with Crippen LogP contribution in [0.2, 0.25) is 5.02 Å². The Labute approximate surface area is 148 Å². The van der Waals surface area contributed by atoms with Crippen molar-refractivity contribution >= 4 is 34.5 Å². The maximum absolute atomic E-state index is 13.0. The number of halogens is 1. The number of rotatable bonds is 2. The number of fused-ring (bicyclic) bond motifs is 1. The zero-order valence-electron chi connectivity index (χ0n) is 13.0. The second kappa shape index (κ2) is 6.00. The van der Waals surface area contributed by atoms with Gasteiger partial charge in [-0.3, -0.25) is 9.78 Å². The number of thiazole rings is 1. The third-order valence-corrected chi connectivity index (χ3v) is 5.51. The highest BCUT2D eigenvalue weighted by atomic mass is 35.5. The van der Waals surface area contributed by atoms with E-state index in [9.17, 15) is 4.79 Å². The highest BCUT2D eigenvalue weighted by Gasteiger charge is 2.28. The molecule has 0 aliphatic carbocycles. The highest BCUT2D eigenvalue weighted by molar-refractivity contribution is 7.17. The summed E-state index contributed by atoms with van der Waals surface area (Å²) in [6.45, 7) is 2.56. The Balaban J connectivity index is 1.69. The first-order chi connectivity index (χ1) is 11.6. The van der Waals surface area contributed by atoms with Crippen molar-refractivity contribution in [3.05, 3.63) is 63.9 Å². The van der Waals surface area contributed by atoms with Gasteiger partial charge < -0.3 is 4.90 Å². The molecule has 0 saturated carbocycles. The first-order valence-corrected chi connectivity index (χ1v) is 8.81. The zero-order chi connectivity index (χ0) is 16.7. The molecule has 3 heterocycles. The molecular weight excluding hydrogens is 342 g/mol. The number of carbonyl (C=O) groups is 1. The zero-order valence-corrected chi connectivity index (χ0v) is 14.6. The second-order valence-electron chi connectivity index (χ2n) is 5.66. The summed E-state index contributed by atoms with van der Waals surface area (Å²) in [6.07, 6.45) is 4.40. The number of carbonyl (C=O) groups excluding carboxylic acids is 1. The lowest BCUT2D eigenvalue weighted by atomic mass is 10.2. The van der Waals surface area contributed by atoms with Crippen molar-refractivity contribution in [1.29, 1.82) is 0 Å². The van der Waals surface area contributed by atoms with Crippen LogP contribution in [0.25, 0.3) is 10.6 Å². The van der Waals surface area contributed by atoms with Gasteiger partial charge in [-0.25, -0.2) is 4.98 Å². The van der Waals surface area contributed by atoms with Gasteiger partial charge in [-0.05, 0) is 37.1 Å². The average Bonchev–Trinajstić information content (AvgIpc) is 3.18. The molecule has 0 saturated heterocycles. The van der Waals surface area contributed by atoms with Gasteiger partial charge in [-0.2, -0.15) is 0 Å². The molecule has 1 amide bonds. The molecule has 24 heavy (non-hydrogen) atoms. The molecule has 3 aromatic rings. The second-order valence-corrected chi connectivity index (χ2v) is 7.09. The van der Waals surface area contributed by atoms with E-state index in [1.165, 1.54) is 11.3 Å². The minimum atomic E-state index is 0.00299. The van der Waals surface area contributed by atoms with Crippen molar-refractivity contribution in [3.63, 3.8) is 0 Å². The lowest BCUT2D eigenvalue weighted by Gasteiger charge is -2.16. The van der Waals surface area contributed by atoms with Crippen molar-refractivity contribution in [2.45, 2.75) is 13.3 Å². The van der Waals surface area contributed by atoms with E-state index in [1.54, 1.807) is 6.20 Å². The summed E-state index contributed by atoms with van der Waals surface area (Å²) in [7, 11) is 0. The number of benzene rings is 1. The molecule has 1 aliphatic rings. The van der Waals surface area contributed by atoms with E-state index in [0.717, 1.165) is 33.9 Å². The maximum Gasteiger partial charge on any atom is 0.270 e. The maximum atomic E-state index is 13.0. The molecule has 2 aromatic heterocycles. The van der Waals surface area contributed by atoms with Gasteiger partial charge in [0, 0.05) is 29.5 Å². The van der Waals surface area contributed by atoms with Crippen LogP contribution in [0.5, 0.6) is 0 Å². The molecule has 0 atom stereocenters. The van der Waals surface area contributed by atoms with Gasteiger partial charge in [0.25, 0.3) is 5.91 Å². The Kier molecular flexibility index (Phi) is 3.82. The van der Waals surface area contributed by atoms with Gasteiger partial charge in [0.2, 0.25) is 0 Å². The molecule has 0 bridgehead atoms. The van der Waals surface area contributed by atoms with Gasteiger partial charge >= 0.3 is 0 Å². The first kappa shape index (κ1) is 15.3. The minimum absolute atomic E-state index is 0.00299. The Hall–Kier alpha value is -2.24. The van der Waals surface area contributed by atoms with Crippen LogP contribution in [0, 0.1) is 6.92 Å². The van der Waals surface area contributed by atoms with Crippen LogP contribution in [0.3, 0.4) is 0 Å². The smallest absolute Gasteiger partial charge is 0.270 e. The lowest BCUT2D eigenvalue weighted by molar-refractivity contribution is 0.0992. The molecule has 1 aromatic carbocycles. The van der Waals surface area contributed by atoms with Crippen molar-refractivity contribution in [3.8, 4) is 10.6 Å². The predicted molar refractivity (Wildman–Crippen MR) is 96.9 cm³/mol. The fraction of sp³-hybridized carbons (Fsp3) is 0.167. The van der Waals surface area contributed by atoms with E-state index in [0.29, 0.717) is 16.4 Å². The number of pyridine rings is 1. The lowest BCUT2D eigenvalue weighted by Crippen LogP contribution is -2.28. The number of aromatic nitrogens is 2. The van der Waals surface area contributed by atoms with Crippen LogP contribution in [0.4, 0.5) is 5.69 Å². The molecule has 0 spiro atoms. The minimum Gasteiger partial charge on any atom is -0.307 e. The molecule has 6 heteroatoms. The van der Waals surface area contributed by atoms with Crippen LogP contribution >= 0.6 is 22.9 Å². The summed E-state index contributed by atoms with van der Waals surface area (Å²) < 4.78 is 0. The van der Waals surface area contributed by atoms with Crippen LogP contribution < -0.4 is 4.90 Å². The molecule has 0 N–H and O–H groups in total. The number of amides is 1. The number of anilines is 1. The number of hydrogen-bond donors (Lipinski definition) is 0. The third kappa shape index (κ3) is 2.60. The fourth-order valence-corrected chi connectivity index (χ4v) is 4.10. The van der Waals surface area contributed by atoms with E-state index in [-0.39, 0.29) is 5.91 Å². The predicted octanol–water partition coefficient (Wildman–Crippen LogP) is 4.37. The van der Waals surface area contributed by atoms with Crippen LogP contribution in [-0.2, 0) is 6.42 Å². The van der Waals surface area contributed by atoms with Crippen LogP contribution in [0.1, 0.15) is 20.9 Å². The molecule has 0 fully saturated rings. The Morgan fingerprint density at radius 2 is 2.21 bits per heavy atom.